The average molecular weight is 252 g/mol. The van der Waals surface area contributed by atoms with Crippen molar-refractivity contribution < 1.29 is 19.8 Å². The minimum atomic E-state index is -0.986. The van der Waals surface area contributed by atoms with Crippen molar-refractivity contribution in [3.8, 4) is 0 Å². The first kappa shape index (κ1) is 12.6. The molecular weight excluding hydrogens is 236 g/mol. The number of carboxylic acids is 1. The first-order chi connectivity index (χ1) is 8.63. The molecule has 0 aromatic carbocycles. The second-order valence-corrected chi connectivity index (χ2v) is 4.37. The molecule has 1 aromatic heterocycles. The van der Waals surface area contributed by atoms with Gasteiger partial charge in [0.1, 0.15) is 12.2 Å². The number of carboxylic acid groups (broad SMARTS) is 1. The third-order valence-electron chi connectivity index (χ3n) is 2.94. The summed E-state index contributed by atoms with van der Waals surface area (Å²) in [7, 11) is 0. The van der Waals surface area contributed by atoms with Crippen molar-refractivity contribution in [3.63, 3.8) is 0 Å². The van der Waals surface area contributed by atoms with Crippen LogP contribution < -0.4 is 0 Å². The van der Waals surface area contributed by atoms with Crippen LogP contribution in [0.4, 0.5) is 0 Å². The van der Waals surface area contributed by atoms with Crippen molar-refractivity contribution in [2.45, 2.75) is 25.4 Å². The molecule has 0 bridgehead atoms. The van der Waals surface area contributed by atoms with Gasteiger partial charge in [0.25, 0.3) is 5.91 Å². The van der Waals surface area contributed by atoms with Crippen molar-refractivity contribution >= 4 is 11.9 Å². The number of carbonyl (C=O) groups excluding carboxylic acids is 1. The Hall–Kier alpha value is -1.82. The van der Waals surface area contributed by atoms with Gasteiger partial charge in [-0.15, -0.1) is 0 Å². The molecule has 1 amide bonds. The van der Waals surface area contributed by atoms with E-state index in [1.807, 2.05) is 0 Å². The summed E-state index contributed by atoms with van der Waals surface area (Å²) in [6.07, 6.45) is 3.47. The lowest BCUT2D eigenvalue weighted by molar-refractivity contribution is -0.137. The SMILES string of the molecule is O=C(O)Cn1cccc1C(=O)N(CCO)C1CC1. The molecule has 0 saturated heterocycles. The van der Waals surface area contributed by atoms with E-state index in [1.165, 1.54) is 4.57 Å². The number of aliphatic hydroxyl groups excluding tert-OH is 1. The van der Waals surface area contributed by atoms with Gasteiger partial charge in [0, 0.05) is 18.8 Å². The predicted molar refractivity (Wildman–Crippen MR) is 63.2 cm³/mol. The maximum absolute atomic E-state index is 12.3. The lowest BCUT2D eigenvalue weighted by Crippen LogP contribution is -2.36. The highest BCUT2D eigenvalue weighted by molar-refractivity contribution is 5.93. The smallest absolute Gasteiger partial charge is 0.323 e. The Bertz CT molecular complexity index is 451. The lowest BCUT2D eigenvalue weighted by atomic mass is 10.3. The van der Waals surface area contributed by atoms with Crippen LogP contribution in [0.25, 0.3) is 0 Å². The Morgan fingerprint density at radius 3 is 2.72 bits per heavy atom. The molecule has 6 heteroatoms. The summed E-state index contributed by atoms with van der Waals surface area (Å²) in [5.41, 5.74) is 0.359. The Labute approximate surface area is 104 Å². The molecule has 18 heavy (non-hydrogen) atoms. The van der Waals surface area contributed by atoms with E-state index in [2.05, 4.69) is 0 Å². The molecule has 0 spiro atoms. The second-order valence-electron chi connectivity index (χ2n) is 4.37. The van der Waals surface area contributed by atoms with Gasteiger partial charge in [-0.2, -0.15) is 0 Å². The maximum Gasteiger partial charge on any atom is 0.323 e. The molecule has 1 aliphatic rings. The van der Waals surface area contributed by atoms with E-state index in [0.717, 1.165) is 12.8 Å². The zero-order valence-electron chi connectivity index (χ0n) is 9.95. The van der Waals surface area contributed by atoms with Crippen LogP contribution in [-0.2, 0) is 11.3 Å². The van der Waals surface area contributed by atoms with Gasteiger partial charge in [-0.1, -0.05) is 0 Å². The summed E-state index contributed by atoms with van der Waals surface area (Å²) in [5.74, 6) is -1.20. The highest BCUT2D eigenvalue weighted by Gasteiger charge is 2.33. The van der Waals surface area contributed by atoms with Crippen molar-refractivity contribution in [3.05, 3.63) is 24.0 Å². The number of hydrogen-bond donors (Lipinski definition) is 2. The van der Waals surface area contributed by atoms with Crippen molar-refractivity contribution in [1.29, 1.82) is 0 Å². The predicted octanol–water partition coefficient (Wildman–Crippen LogP) is 0.170. The second kappa shape index (κ2) is 5.22. The Balaban J connectivity index is 2.16. The number of aliphatic carboxylic acids is 1. The van der Waals surface area contributed by atoms with E-state index in [-0.39, 0.29) is 25.1 Å². The van der Waals surface area contributed by atoms with Crippen molar-refractivity contribution in [2.75, 3.05) is 13.2 Å². The molecule has 0 unspecified atom stereocenters. The fraction of sp³-hybridized carbons (Fsp3) is 0.500. The van der Waals surface area contributed by atoms with Gasteiger partial charge >= 0.3 is 5.97 Å². The standard InChI is InChI=1S/C12H16N2O4/c15-7-6-14(9-3-4-9)12(18)10-2-1-5-13(10)8-11(16)17/h1-2,5,9,15H,3-4,6-8H2,(H,16,17). The quantitative estimate of drug-likeness (QED) is 0.756. The fourth-order valence-corrected chi connectivity index (χ4v) is 1.98. The third kappa shape index (κ3) is 2.70. The summed E-state index contributed by atoms with van der Waals surface area (Å²) in [6, 6.07) is 3.45. The monoisotopic (exact) mass is 252 g/mol. The molecule has 1 saturated carbocycles. The minimum absolute atomic E-state index is 0.0815. The van der Waals surface area contributed by atoms with E-state index in [1.54, 1.807) is 23.2 Å². The van der Waals surface area contributed by atoms with Crippen molar-refractivity contribution in [1.82, 2.24) is 9.47 Å². The summed E-state index contributed by atoms with van der Waals surface area (Å²) >= 11 is 0. The van der Waals surface area contributed by atoms with Gasteiger partial charge in [-0.25, -0.2) is 0 Å². The molecule has 6 nitrogen and oxygen atoms in total. The molecule has 1 heterocycles. The largest absolute Gasteiger partial charge is 0.480 e. The Kier molecular flexibility index (Phi) is 3.66. The van der Waals surface area contributed by atoms with E-state index in [0.29, 0.717) is 12.2 Å². The number of hydrogen-bond acceptors (Lipinski definition) is 3. The van der Waals surface area contributed by atoms with E-state index in [4.69, 9.17) is 10.2 Å². The molecule has 2 rings (SSSR count). The zero-order valence-corrected chi connectivity index (χ0v) is 9.95. The van der Waals surface area contributed by atoms with Gasteiger partial charge in [0.15, 0.2) is 0 Å². The van der Waals surface area contributed by atoms with Gasteiger partial charge < -0.3 is 19.7 Å². The molecule has 0 radical (unpaired) electrons. The summed E-state index contributed by atoms with van der Waals surface area (Å²) in [4.78, 5) is 24.6. The Morgan fingerprint density at radius 1 is 1.44 bits per heavy atom. The van der Waals surface area contributed by atoms with E-state index >= 15 is 0 Å². The average Bonchev–Trinajstić information content (AvgIpc) is 3.05. The number of aliphatic hydroxyl groups is 1. The van der Waals surface area contributed by atoms with Crippen LogP contribution >= 0.6 is 0 Å². The zero-order chi connectivity index (χ0) is 13.1. The van der Waals surface area contributed by atoms with Crippen molar-refractivity contribution in [2.24, 2.45) is 0 Å². The minimum Gasteiger partial charge on any atom is -0.480 e. The number of carbonyl (C=O) groups is 2. The van der Waals surface area contributed by atoms with Crippen LogP contribution in [0.5, 0.6) is 0 Å². The molecule has 1 aliphatic carbocycles. The summed E-state index contributed by atoms with van der Waals surface area (Å²) < 4.78 is 1.41. The number of amides is 1. The third-order valence-corrected chi connectivity index (χ3v) is 2.94. The summed E-state index contributed by atoms with van der Waals surface area (Å²) in [5, 5.41) is 17.7. The van der Waals surface area contributed by atoms with E-state index in [9.17, 15) is 9.59 Å². The Morgan fingerprint density at radius 2 is 2.17 bits per heavy atom. The first-order valence-electron chi connectivity index (χ1n) is 5.92. The van der Waals surface area contributed by atoms with Crippen LogP contribution in [0.2, 0.25) is 0 Å². The lowest BCUT2D eigenvalue weighted by Gasteiger charge is -2.21. The molecule has 98 valence electrons. The van der Waals surface area contributed by atoms with Crippen LogP contribution in [0.15, 0.2) is 18.3 Å². The van der Waals surface area contributed by atoms with Crippen LogP contribution in [0.3, 0.4) is 0 Å². The van der Waals surface area contributed by atoms with Crippen LogP contribution in [0.1, 0.15) is 23.3 Å². The van der Waals surface area contributed by atoms with Gasteiger partial charge in [0.05, 0.1) is 6.61 Å². The number of aromatic nitrogens is 1. The normalized spacial score (nSPS) is 14.5. The first-order valence-corrected chi connectivity index (χ1v) is 5.92. The summed E-state index contributed by atoms with van der Waals surface area (Å²) in [6.45, 7) is -0.0185. The molecule has 1 fully saturated rings. The van der Waals surface area contributed by atoms with Crippen LogP contribution in [0, 0.1) is 0 Å². The highest BCUT2D eigenvalue weighted by Crippen LogP contribution is 2.28. The molecule has 0 aliphatic heterocycles. The van der Waals surface area contributed by atoms with Crippen LogP contribution in [-0.4, -0.2) is 50.8 Å². The molecule has 1 aromatic rings. The van der Waals surface area contributed by atoms with Gasteiger partial charge in [-0.05, 0) is 25.0 Å². The number of rotatable bonds is 6. The van der Waals surface area contributed by atoms with E-state index < -0.39 is 5.97 Å². The highest BCUT2D eigenvalue weighted by atomic mass is 16.4. The van der Waals surface area contributed by atoms with Gasteiger partial charge in [0.2, 0.25) is 0 Å². The fourth-order valence-electron chi connectivity index (χ4n) is 1.98. The molecule has 2 N–H and O–H groups in total. The maximum atomic E-state index is 12.3. The number of nitrogens with zero attached hydrogens (tertiary/aromatic N) is 2. The topological polar surface area (TPSA) is 82.8 Å². The molecule has 0 atom stereocenters. The van der Waals surface area contributed by atoms with Gasteiger partial charge in [-0.3, -0.25) is 9.59 Å². The molecular formula is C12H16N2O4.